The first kappa shape index (κ1) is 18.7. The number of pyridine rings is 2. The van der Waals surface area contributed by atoms with Gasteiger partial charge in [0.2, 0.25) is 0 Å². The van der Waals surface area contributed by atoms with Crippen LogP contribution in [0.1, 0.15) is 21.6 Å². The Morgan fingerprint density at radius 3 is 2.55 bits per heavy atom. The third kappa shape index (κ3) is 3.69. The minimum Gasteiger partial charge on any atom is -0.321 e. The quantitative estimate of drug-likeness (QED) is 0.532. The van der Waals surface area contributed by atoms with E-state index in [1.165, 1.54) is 0 Å². The summed E-state index contributed by atoms with van der Waals surface area (Å²) in [5.41, 5.74) is 2.66. The van der Waals surface area contributed by atoms with Gasteiger partial charge in [0.15, 0.2) is 0 Å². The van der Waals surface area contributed by atoms with E-state index in [2.05, 4.69) is 15.3 Å². The molecule has 8 heteroatoms. The van der Waals surface area contributed by atoms with Crippen molar-refractivity contribution in [3.8, 4) is 11.3 Å². The summed E-state index contributed by atoms with van der Waals surface area (Å²) >= 11 is 0. The van der Waals surface area contributed by atoms with E-state index in [1.807, 2.05) is 48.0 Å². The van der Waals surface area contributed by atoms with Crippen LogP contribution in [0.15, 0.2) is 67.1 Å². The Morgan fingerprint density at radius 1 is 1.07 bits per heavy atom. The molecule has 5 nitrogen and oxygen atoms in total. The van der Waals surface area contributed by atoms with Crippen molar-refractivity contribution in [1.29, 1.82) is 0 Å². The summed E-state index contributed by atoms with van der Waals surface area (Å²) < 4.78 is 39.8. The van der Waals surface area contributed by atoms with Crippen LogP contribution in [0.4, 0.5) is 18.9 Å². The fraction of sp³-hybridized carbons (Fsp3) is 0.0952. The SMILES string of the molecule is Cc1cccn2cc(-c3ccccc3NC(=O)c3ccc(C(F)(F)F)nc3)nc12. The number of hydrogen-bond acceptors (Lipinski definition) is 3. The van der Waals surface area contributed by atoms with Crippen LogP contribution in [0.2, 0.25) is 0 Å². The second-order valence-corrected chi connectivity index (χ2v) is 6.48. The molecule has 0 bridgehead atoms. The molecule has 29 heavy (non-hydrogen) atoms. The number of alkyl halides is 3. The number of imidazole rings is 1. The summed E-state index contributed by atoms with van der Waals surface area (Å²) in [6, 6.07) is 12.9. The van der Waals surface area contributed by atoms with Gasteiger partial charge in [0.05, 0.1) is 16.9 Å². The molecule has 3 heterocycles. The zero-order chi connectivity index (χ0) is 20.6. The van der Waals surface area contributed by atoms with Crippen molar-refractivity contribution in [2.24, 2.45) is 0 Å². The van der Waals surface area contributed by atoms with Gasteiger partial charge >= 0.3 is 6.18 Å². The minimum absolute atomic E-state index is 0.0265. The largest absolute Gasteiger partial charge is 0.433 e. The van der Waals surface area contributed by atoms with Crippen molar-refractivity contribution in [1.82, 2.24) is 14.4 Å². The zero-order valence-electron chi connectivity index (χ0n) is 15.2. The van der Waals surface area contributed by atoms with Gasteiger partial charge < -0.3 is 9.72 Å². The first-order valence-electron chi connectivity index (χ1n) is 8.71. The molecule has 0 saturated heterocycles. The van der Waals surface area contributed by atoms with E-state index in [0.717, 1.165) is 29.5 Å². The summed E-state index contributed by atoms with van der Waals surface area (Å²) in [7, 11) is 0. The maximum absolute atomic E-state index is 12.7. The number of anilines is 1. The van der Waals surface area contributed by atoms with Crippen LogP contribution in [-0.4, -0.2) is 20.3 Å². The second kappa shape index (κ2) is 7.05. The molecule has 0 fully saturated rings. The Bertz CT molecular complexity index is 1200. The maximum Gasteiger partial charge on any atom is 0.433 e. The van der Waals surface area contributed by atoms with Crippen molar-refractivity contribution in [3.63, 3.8) is 0 Å². The van der Waals surface area contributed by atoms with Gasteiger partial charge in [-0.3, -0.25) is 9.78 Å². The normalized spacial score (nSPS) is 11.6. The molecule has 1 N–H and O–H groups in total. The first-order valence-corrected chi connectivity index (χ1v) is 8.71. The number of nitrogens with zero attached hydrogens (tertiary/aromatic N) is 3. The minimum atomic E-state index is -4.55. The molecule has 4 aromatic rings. The summed E-state index contributed by atoms with van der Waals surface area (Å²) in [6.07, 6.45) is 0.0960. The van der Waals surface area contributed by atoms with E-state index in [0.29, 0.717) is 16.9 Å². The summed E-state index contributed by atoms with van der Waals surface area (Å²) in [5, 5.41) is 2.73. The van der Waals surface area contributed by atoms with Crippen molar-refractivity contribution in [2.75, 3.05) is 5.32 Å². The first-order chi connectivity index (χ1) is 13.8. The lowest BCUT2D eigenvalue weighted by atomic mass is 10.1. The lowest BCUT2D eigenvalue weighted by molar-refractivity contribution is -0.141. The van der Waals surface area contributed by atoms with Gasteiger partial charge in [-0.15, -0.1) is 0 Å². The number of carbonyl (C=O) groups excluding carboxylic acids is 1. The molecule has 0 radical (unpaired) electrons. The Hall–Kier alpha value is -3.68. The number of hydrogen-bond donors (Lipinski definition) is 1. The highest BCUT2D eigenvalue weighted by Gasteiger charge is 2.32. The lowest BCUT2D eigenvalue weighted by Gasteiger charge is -2.10. The number of amides is 1. The number of fused-ring (bicyclic) bond motifs is 1. The van der Waals surface area contributed by atoms with E-state index < -0.39 is 17.8 Å². The Kier molecular flexibility index (Phi) is 4.54. The monoisotopic (exact) mass is 396 g/mol. The smallest absolute Gasteiger partial charge is 0.321 e. The topological polar surface area (TPSA) is 59.3 Å². The van der Waals surface area contributed by atoms with E-state index in [1.54, 1.807) is 12.1 Å². The van der Waals surface area contributed by atoms with Crippen LogP contribution >= 0.6 is 0 Å². The molecule has 0 unspecified atom stereocenters. The van der Waals surface area contributed by atoms with Gasteiger partial charge in [-0.05, 0) is 36.8 Å². The van der Waals surface area contributed by atoms with E-state index in [-0.39, 0.29) is 5.56 Å². The van der Waals surface area contributed by atoms with Gasteiger partial charge in [-0.2, -0.15) is 13.2 Å². The number of nitrogens with one attached hydrogen (secondary N) is 1. The molecular weight excluding hydrogens is 381 g/mol. The average Bonchev–Trinajstić information content (AvgIpc) is 3.13. The number of benzene rings is 1. The molecule has 0 aliphatic heterocycles. The fourth-order valence-electron chi connectivity index (χ4n) is 2.99. The van der Waals surface area contributed by atoms with Crippen LogP contribution in [-0.2, 0) is 6.18 Å². The van der Waals surface area contributed by atoms with Crippen molar-refractivity contribution in [3.05, 3.63) is 83.9 Å². The van der Waals surface area contributed by atoms with E-state index in [9.17, 15) is 18.0 Å². The molecule has 1 aromatic carbocycles. The van der Waals surface area contributed by atoms with Crippen LogP contribution in [0.25, 0.3) is 16.9 Å². The molecule has 4 rings (SSSR count). The highest BCUT2D eigenvalue weighted by Crippen LogP contribution is 2.29. The number of para-hydroxylation sites is 1. The number of aryl methyl sites for hydroxylation is 1. The van der Waals surface area contributed by atoms with Gasteiger partial charge in [0.1, 0.15) is 11.3 Å². The zero-order valence-corrected chi connectivity index (χ0v) is 15.2. The molecule has 0 aliphatic carbocycles. The number of aromatic nitrogens is 3. The third-order valence-electron chi connectivity index (χ3n) is 4.45. The van der Waals surface area contributed by atoms with E-state index >= 15 is 0 Å². The van der Waals surface area contributed by atoms with E-state index in [4.69, 9.17) is 0 Å². The summed E-state index contributed by atoms with van der Waals surface area (Å²) in [5.74, 6) is -0.557. The molecule has 0 aliphatic rings. The predicted molar refractivity (Wildman–Crippen MR) is 103 cm³/mol. The molecule has 1 amide bonds. The van der Waals surface area contributed by atoms with Gasteiger partial charge in [-0.25, -0.2) is 4.98 Å². The molecule has 146 valence electrons. The number of carbonyl (C=O) groups is 1. The number of halogens is 3. The Labute approximate surface area is 163 Å². The highest BCUT2D eigenvalue weighted by atomic mass is 19.4. The van der Waals surface area contributed by atoms with Crippen molar-refractivity contribution < 1.29 is 18.0 Å². The maximum atomic E-state index is 12.7. The van der Waals surface area contributed by atoms with Gasteiger partial charge in [0, 0.05) is 24.2 Å². The van der Waals surface area contributed by atoms with Crippen molar-refractivity contribution >= 4 is 17.2 Å². The highest BCUT2D eigenvalue weighted by molar-refractivity contribution is 6.06. The molecule has 0 saturated carbocycles. The van der Waals surface area contributed by atoms with Gasteiger partial charge in [-0.1, -0.05) is 24.3 Å². The average molecular weight is 396 g/mol. The Morgan fingerprint density at radius 2 is 1.86 bits per heavy atom. The molecule has 3 aromatic heterocycles. The molecule has 0 atom stereocenters. The van der Waals surface area contributed by atoms with Crippen LogP contribution in [0.5, 0.6) is 0 Å². The van der Waals surface area contributed by atoms with Crippen LogP contribution in [0, 0.1) is 6.92 Å². The molecule has 0 spiro atoms. The lowest BCUT2D eigenvalue weighted by Crippen LogP contribution is -2.14. The summed E-state index contributed by atoms with van der Waals surface area (Å²) in [6.45, 7) is 1.96. The fourth-order valence-corrected chi connectivity index (χ4v) is 2.99. The van der Waals surface area contributed by atoms with Gasteiger partial charge in [0.25, 0.3) is 5.91 Å². The number of rotatable bonds is 3. The van der Waals surface area contributed by atoms with Crippen LogP contribution < -0.4 is 5.32 Å². The van der Waals surface area contributed by atoms with Crippen molar-refractivity contribution in [2.45, 2.75) is 13.1 Å². The predicted octanol–water partition coefficient (Wildman–Crippen LogP) is 4.98. The summed E-state index contributed by atoms with van der Waals surface area (Å²) in [4.78, 5) is 20.5. The third-order valence-corrected chi connectivity index (χ3v) is 4.45. The van der Waals surface area contributed by atoms with Crippen LogP contribution in [0.3, 0.4) is 0 Å². The molecular formula is C21H15F3N4O. The standard InChI is InChI=1S/C21H15F3N4O/c1-13-5-4-10-28-12-17(26-19(13)28)15-6-2-3-7-16(15)27-20(29)14-8-9-18(25-11-14)21(22,23)24/h2-12H,1H3,(H,27,29). The second-order valence-electron chi connectivity index (χ2n) is 6.48. The Balaban J connectivity index is 1.64.